The number of carbonyl (C=O) groups excluding carboxylic acids is 3. The Labute approximate surface area is 129 Å². The summed E-state index contributed by atoms with van der Waals surface area (Å²) in [7, 11) is 0. The Morgan fingerprint density at radius 2 is 2.09 bits per heavy atom. The van der Waals surface area contributed by atoms with Gasteiger partial charge in [0, 0.05) is 12.2 Å². The Hall–Kier alpha value is -2.37. The molecule has 3 amide bonds. The van der Waals surface area contributed by atoms with Gasteiger partial charge in [-0.25, -0.2) is 0 Å². The number of fused-ring (bicyclic) bond motifs is 1. The molecular weight excluding hydrogens is 282 g/mol. The van der Waals surface area contributed by atoms with Gasteiger partial charge in [-0.05, 0) is 17.5 Å². The van der Waals surface area contributed by atoms with Gasteiger partial charge >= 0.3 is 0 Å². The number of hydrogen-bond donors (Lipinski definition) is 2. The summed E-state index contributed by atoms with van der Waals surface area (Å²) in [5.41, 5.74) is 6.69. The molecule has 2 atom stereocenters. The minimum Gasteiger partial charge on any atom is -0.369 e. The van der Waals surface area contributed by atoms with Crippen LogP contribution in [0.25, 0.3) is 0 Å². The Bertz CT molecular complexity index is 600. The van der Waals surface area contributed by atoms with Crippen molar-refractivity contribution in [2.45, 2.75) is 39.3 Å². The lowest BCUT2D eigenvalue weighted by Crippen LogP contribution is -2.49. The number of nitrogens with two attached hydrogens (primary N) is 1. The van der Waals surface area contributed by atoms with Crippen LogP contribution in [0.3, 0.4) is 0 Å². The number of hydrogen-bond acceptors (Lipinski definition) is 3. The Morgan fingerprint density at radius 1 is 1.41 bits per heavy atom. The first-order chi connectivity index (χ1) is 10.4. The molecule has 1 aromatic carbocycles. The average Bonchev–Trinajstić information content (AvgIpc) is 2.61. The van der Waals surface area contributed by atoms with E-state index >= 15 is 0 Å². The molecule has 1 unspecified atom stereocenters. The highest BCUT2D eigenvalue weighted by Gasteiger charge is 2.36. The maximum atomic E-state index is 12.6. The van der Waals surface area contributed by atoms with Crippen molar-refractivity contribution in [1.29, 1.82) is 0 Å². The second kappa shape index (κ2) is 6.60. The molecule has 0 spiro atoms. The normalized spacial score (nSPS) is 18.9. The molecule has 2 rings (SSSR count). The number of para-hydroxylation sites is 1. The molecule has 1 aromatic rings. The van der Waals surface area contributed by atoms with Gasteiger partial charge in [-0.3, -0.25) is 14.4 Å². The minimum atomic E-state index is -0.689. The van der Waals surface area contributed by atoms with Crippen molar-refractivity contribution >= 4 is 23.4 Å². The summed E-state index contributed by atoms with van der Waals surface area (Å²) in [6.07, 6.45) is 0.358. The van der Waals surface area contributed by atoms with Crippen LogP contribution in [0.2, 0.25) is 0 Å². The van der Waals surface area contributed by atoms with Crippen molar-refractivity contribution in [3.8, 4) is 0 Å². The summed E-state index contributed by atoms with van der Waals surface area (Å²) in [5.74, 6) is -1.35. The van der Waals surface area contributed by atoms with Crippen LogP contribution >= 0.6 is 0 Å². The van der Waals surface area contributed by atoms with E-state index in [1.165, 1.54) is 4.90 Å². The molecule has 0 bridgehead atoms. The maximum absolute atomic E-state index is 12.6. The smallest absolute Gasteiger partial charge is 0.247 e. The van der Waals surface area contributed by atoms with Crippen LogP contribution in [0.15, 0.2) is 24.3 Å². The molecule has 0 radical (unpaired) electrons. The van der Waals surface area contributed by atoms with E-state index in [0.29, 0.717) is 5.69 Å². The quantitative estimate of drug-likeness (QED) is 0.820. The zero-order valence-electron chi connectivity index (χ0n) is 12.8. The van der Waals surface area contributed by atoms with Crippen LogP contribution in [-0.2, 0) is 20.9 Å². The first-order valence-corrected chi connectivity index (χ1v) is 7.40. The average molecular weight is 303 g/mol. The summed E-state index contributed by atoms with van der Waals surface area (Å²) < 4.78 is 0. The lowest BCUT2D eigenvalue weighted by atomic mass is 9.96. The number of rotatable bonds is 4. The lowest BCUT2D eigenvalue weighted by molar-refractivity contribution is -0.143. The number of primary amides is 1. The third kappa shape index (κ3) is 3.27. The summed E-state index contributed by atoms with van der Waals surface area (Å²) >= 11 is 0. The van der Waals surface area contributed by atoms with Crippen LogP contribution in [0.4, 0.5) is 5.69 Å². The van der Waals surface area contributed by atoms with Gasteiger partial charge in [-0.2, -0.15) is 0 Å². The monoisotopic (exact) mass is 303 g/mol. The summed E-state index contributed by atoms with van der Waals surface area (Å²) in [6, 6.07) is 6.75. The molecule has 118 valence electrons. The van der Waals surface area contributed by atoms with Crippen LogP contribution in [0.5, 0.6) is 0 Å². The third-order valence-electron chi connectivity index (χ3n) is 4.05. The minimum absolute atomic E-state index is 0.0221. The predicted molar refractivity (Wildman–Crippen MR) is 82.7 cm³/mol. The largest absolute Gasteiger partial charge is 0.369 e. The number of carbonyl (C=O) groups is 3. The van der Waals surface area contributed by atoms with Crippen LogP contribution < -0.4 is 11.1 Å². The molecule has 6 nitrogen and oxygen atoms in total. The van der Waals surface area contributed by atoms with Crippen molar-refractivity contribution in [3.63, 3.8) is 0 Å². The van der Waals surface area contributed by atoms with Crippen molar-refractivity contribution in [1.82, 2.24) is 4.90 Å². The molecule has 0 aromatic heterocycles. The highest BCUT2D eigenvalue weighted by atomic mass is 16.2. The maximum Gasteiger partial charge on any atom is 0.247 e. The van der Waals surface area contributed by atoms with Gasteiger partial charge in [-0.1, -0.05) is 38.5 Å². The fourth-order valence-electron chi connectivity index (χ4n) is 2.69. The van der Waals surface area contributed by atoms with E-state index in [-0.39, 0.29) is 24.8 Å². The predicted octanol–water partition coefficient (Wildman–Crippen LogP) is 1.26. The molecule has 6 heteroatoms. The topological polar surface area (TPSA) is 92.5 Å². The summed E-state index contributed by atoms with van der Waals surface area (Å²) in [6.45, 7) is 4.17. The first-order valence-electron chi connectivity index (χ1n) is 7.40. The van der Waals surface area contributed by atoms with Gasteiger partial charge in [0.05, 0.1) is 0 Å². The van der Waals surface area contributed by atoms with Crippen LogP contribution in [0, 0.1) is 5.92 Å². The van der Waals surface area contributed by atoms with Crippen LogP contribution in [0.1, 0.15) is 32.3 Å². The van der Waals surface area contributed by atoms with Gasteiger partial charge in [0.15, 0.2) is 0 Å². The Kier molecular flexibility index (Phi) is 4.80. The molecular formula is C16H21N3O3. The molecule has 1 aliphatic heterocycles. The highest BCUT2D eigenvalue weighted by molar-refractivity contribution is 6.02. The van der Waals surface area contributed by atoms with Crippen molar-refractivity contribution < 1.29 is 14.4 Å². The summed E-state index contributed by atoms with van der Waals surface area (Å²) in [5, 5.41) is 2.88. The third-order valence-corrected chi connectivity index (χ3v) is 4.05. The fraction of sp³-hybridized carbons (Fsp3) is 0.438. The first kappa shape index (κ1) is 16.0. The van der Waals surface area contributed by atoms with E-state index in [2.05, 4.69) is 5.32 Å². The molecule has 22 heavy (non-hydrogen) atoms. The number of anilines is 1. The summed E-state index contributed by atoms with van der Waals surface area (Å²) in [4.78, 5) is 37.5. The molecule has 0 saturated carbocycles. The fourth-order valence-corrected chi connectivity index (χ4v) is 2.69. The number of benzene rings is 1. The zero-order chi connectivity index (χ0) is 16.3. The van der Waals surface area contributed by atoms with E-state index < -0.39 is 17.9 Å². The van der Waals surface area contributed by atoms with E-state index in [9.17, 15) is 14.4 Å². The van der Waals surface area contributed by atoms with Crippen molar-refractivity contribution in [3.05, 3.63) is 29.8 Å². The molecule has 0 fully saturated rings. The Morgan fingerprint density at radius 3 is 2.73 bits per heavy atom. The van der Waals surface area contributed by atoms with Gasteiger partial charge in [0.1, 0.15) is 12.5 Å². The number of nitrogens with one attached hydrogen (secondary N) is 1. The van der Waals surface area contributed by atoms with Gasteiger partial charge < -0.3 is 16.0 Å². The SMILES string of the molecule is CC[C@H](C)C1C(=O)Nc2ccccc2CN1C(=O)CC(N)=O. The molecule has 0 saturated heterocycles. The van der Waals surface area contributed by atoms with Gasteiger partial charge in [0.25, 0.3) is 0 Å². The number of amides is 3. The Balaban J connectivity index is 2.41. The highest BCUT2D eigenvalue weighted by Crippen LogP contribution is 2.27. The van der Waals surface area contributed by atoms with Crippen LogP contribution in [-0.4, -0.2) is 28.7 Å². The van der Waals surface area contributed by atoms with E-state index in [1.54, 1.807) is 0 Å². The van der Waals surface area contributed by atoms with E-state index in [1.807, 2.05) is 38.1 Å². The zero-order valence-corrected chi connectivity index (χ0v) is 12.8. The second-order valence-corrected chi connectivity index (χ2v) is 5.64. The van der Waals surface area contributed by atoms with Crippen molar-refractivity contribution in [2.75, 3.05) is 5.32 Å². The molecule has 1 aliphatic rings. The van der Waals surface area contributed by atoms with Gasteiger partial charge in [-0.15, -0.1) is 0 Å². The van der Waals surface area contributed by atoms with E-state index in [4.69, 9.17) is 5.73 Å². The van der Waals surface area contributed by atoms with E-state index in [0.717, 1.165) is 12.0 Å². The van der Waals surface area contributed by atoms with Crippen molar-refractivity contribution in [2.24, 2.45) is 11.7 Å². The molecule has 1 heterocycles. The standard InChI is InChI=1S/C16H21N3O3/c1-3-10(2)15-16(22)18-12-7-5-4-6-11(12)9-19(15)14(21)8-13(17)20/h4-7,10,15H,3,8-9H2,1-2H3,(H2,17,20)(H,18,22)/t10-,15?/m0/s1. The molecule has 3 N–H and O–H groups in total. The second-order valence-electron chi connectivity index (χ2n) is 5.64. The lowest BCUT2D eigenvalue weighted by Gasteiger charge is -2.32. The number of nitrogens with zero attached hydrogens (tertiary/aromatic N) is 1. The van der Waals surface area contributed by atoms with Gasteiger partial charge in [0.2, 0.25) is 17.7 Å². The molecule has 0 aliphatic carbocycles.